The molecular formula is C15H18N4O2. The lowest BCUT2D eigenvalue weighted by Gasteiger charge is -2.31. The maximum Gasteiger partial charge on any atom is 0.276 e. The Kier molecular flexibility index (Phi) is 3.96. The molecular weight excluding hydrogens is 268 g/mol. The van der Waals surface area contributed by atoms with Gasteiger partial charge in [0.25, 0.3) is 5.91 Å². The van der Waals surface area contributed by atoms with Crippen molar-refractivity contribution in [3.63, 3.8) is 0 Å². The molecule has 0 radical (unpaired) electrons. The van der Waals surface area contributed by atoms with E-state index in [9.17, 15) is 9.90 Å². The monoisotopic (exact) mass is 286 g/mol. The Hall–Kier alpha value is -2.21. The molecule has 0 saturated carbocycles. The summed E-state index contributed by atoms with van der Waals surface area (Å²) in [4.78, 5) is 15.6. The number of piperidine rings is 1. The molecule has 0 bridgehead atoms. The highest BCUT2D eigenvalue weighted by Crippen LogP contribution is 2.17. The molecule has 1 unspecified atom stereocenters. The average Bonchev–Trinajstić information content (AvgIpc) is 3.05. The standard InChI is InChI=1S/C15H18N4O2/c20-11-12-5-4-8-18(10-12)15(21)14-9-16-19(17-14)13-6-2-1-3-7-13/h1-3,6-7,9,12,20H,4-5,8,10-11H2. The first-order valence-corrected chi connectivity index (χ1v) is 7.16. The third-order valence-corrected chi connectivity index (χ3v) is 3.76. The van der Waals surface area contributed by atoms with E-state index in [4.69, 9.17) is 0 Å². The van der Waals surface area contributed by atoms with Crippen LogP contribution in [0.2, 0.25) is 0 Å². The van der Waals surface area contributed by atoms with Gasteiger partial charge in [-0.3, -0.25) is 4.79 Å². The number of benzene rings is 1. The van der Waals surface area contributed by atoms with Crippen molar-refractivity contribution in [3.8, 4) is 5.69 Å². The molecule has 1 aliphatic heterocycles. The molecule has 0 spiro atoms. The van der Waals surface area contributed by atoms with Crippen LogP contribution >= 0.6 is 0 Å². The molecule has 1 aromatic heterocycles. The largest absolute Gasteiger partial charge is 0.396 e. The van der Waals surface area contributed by atoms with E-state index in [1.54, 1.807) is 4.90 Å². The fourth-order valence-electron chi connectivity index (χ4n) is 2.61. The Balaban J connectivity index is 1.75. The van der Waals surface area contributed by atoms with Crippen LogP contribution in [0.4, 0.5) is 0 Å². The number of hydrogen-bond acceptors (Lipinski definition) is 4. The van der Waals surface area contributed by atoms with Crippen LogP contribution in [0.15, 0.2) is 36.5 Å². The van der Waals surface area contributed by atoms with Crippen molar-refractivity contribution in [2.24, 2.45) is 5.92 Å². The molecule has 21 heavy (non-hydrogen) atoms. The van der Waals surface area contributed by atoms with Gasteiger partial charge in [-0.05, 0) is 30.9 Å². The second-order valence-corrected chi connectivity index (χ2v) is 5.30. The second-order valence-electron chi connectivity index (χ2n) is 5.30. The number of aliphatic hydroxyl groups excluding tert-OH is 1. The van der Waals surface area contributed by atoms with Gasteiger partial charge in [0, 0.05) is 19.7 Å². The van der Waals surface area contributed by atoms with Crippen molar-refractivity contribution in [1.82, 2.24) is 19.9 Å². The average molecular weight is 286 g/mol. The highest BCUT2D eigenvalue weighted by Gasteiger charge is 2.25. The SMILES string of the molecule is O=C(c1cnn(-c2ccccc2)n1)N1CCCC(CO)C1. The Morgan fingerprint density at radius 1 is 1.33 bits per heavy atom. The van der Waals surface area contributed by atoms with Gasteiger partial charge in [-0.1, -0.05) is 18.2 Å². The van der Waals surface area contributed by atoms with E-state index in [2.05, 4.69) is 10.2 Å². The molecule has 2 aromatic rings. The number of rotatable bonds is 3. The summed E-state index contributed by atoms with van der Waals surface area (Å²) in [5, 5.41) is 17.7. The smallest absolute Gasteiger partial charge is 0.276 e. The topological polar surface area (TPSA) is 71.2 Å². The lowest BCUT2D eigenvalue weighted by atomic mass is 9.99. The van der Waals surface area contributed by atoms with Gasteiger partial charge in [0.1, 0.15) is 0 Å². The highest BCUT2D eigenvalue weighted by atomic mass is 16.3. The normalized spacial score (nSPS) is 18.7. The maximum absolute atomic E-state index is 12.4. The fraction of sp³-hybridized carbons (Fsp3) is 0.400. The van der Waals surface area contributed by atoms with E-state index >= 15 is 0 Å². The summed E-state index contributed by atoms with van der Waals surface area (Å²) < 4.78 is 0. The van der Waals surface area contributed by atoms with Gasteiger partial charge in [0.15, 0.2) is 5.69 Å². The lowest BCUT2D eigenvalue weighted by molar-refractivity contribution is 0.0614. The predicted molar refractivity (Wildman–Crippen MR) is 77.1 cm³/mol. The zero-order chi connectivity index (χ0) is 14.7. The number of amides is 1. The molecule has 1 aromatic carbocycles. The first-order valence-electron chi connectivity index (χ1n) is 7.16. The fourth-order valence-corrected chi connectivity index (χ4v) is 2.61. The molecule has 1 N–H and O–H groups in total. The van der Waals surface area contributed by atoms with Crippen LogP contribution < -0.4 is 0 Å². The highest BCUT2D eigenvalue weighted by molar-refractivity contribution is 5.92. The van der Waals surface area contributed by atoms with E-state index in [0.717, 1.165) is 18.5 Å². The molecule has 0 aliphatic carbocycles. The van der Waals surface area contributed by atoms with Crippen molar-refractivity contribution >= 4 is 5.91 Å². The Labute approximate surface area is 123 Å². The van der Waals surface area contributed by atoms with Crippen LogP contribution in [-0.2, 0) is 0 Å². The molecule has 110 valence electrons. The first kappa shape index (κ1) is 13.8. The first-order chi connectivity index (χ1) is 10.3. The molecule has 1 aliphatic rings. The van der Waals surface area contributed by atoms with E-state index in [1.807, 2.05) is 30.3 Å². The number of hydrogen-bond donors (Lipinski definition) is 1. The predicted octanol–water partition coefficient (Wildman–Crippen LogP) is 1.11. The second kappa shape index (κ2) is 6.05. The molecule has 6 heteroatoms. The lowest BCUT2D eigenvalue weighted by Crippen LogP contribution is -2.41. The summed E-state index contributed by atoms with van der Waals surface area (Å²) in [7, 11) is 0. The minimum Gasteiger partial charge on any atom is -0.396 e. The van der Waals surface area contributed by atoms with Crippen molar-refractivity contribution in [2.45, 2.75) is 12.8 Å². The van der Waals surface area contributed by atoms with Crippen LogP contribution in [0.3, 0.4) is 0 Å². The van der Waals surface area contributed by atoms with Crippen LogP contribution in [0.1, 0.15) is 23.3 Å². The van der Waals surface area contributed by atoms with Crippen molar-refractivity contribution < 1.29 is 9.90 Å². The molecule has 1 atom stereocenters. The summed E-state index contributed by atoms with van der Waals surface area (Å²) in [6, 6.07) is 9.49. The number of likely N-dealkylation sites (tertiary alicyclic amines) is 1. The van der Waals surface area contributed by atoms with E-state index < -0.39 is 0 Å². The van der Waals surface area contributed by atoms with E-state index in [-0.39, 0.29) is 18.4 Å². The molecule has 1 amide bonds. The van der Waals surface area contributed by atoms with Gasteiger partial charge in [-0.25, -0.2) is 0 Å². The summed E-state index contributed by atoms with van der Waals surface area (Å²) in [5.41, 5.74) is 1.17. The molecule has 3 rings (SSSR count). The summed E-state index contributed by atoms with van der Waals surface area (Å²) in [6.45, 7) is 1.43. The minimum atomic E-state index is -0.115. The molecule has 2 heterocycles. The van der Waals surface area contributed by atoms with Crippen LogP contribution in [-0.4, -0.2) is 50.6 Å². The van der Waals surface area contributed by atoms with Gasteiger partial charge in [0.2, 0.25) is 0 Å². The zero-order valence-electron chi connectivity index (χ0n) is 11.7. The van der Waals surface area contributed by atoms with Crippen molar-refractivity contribution in [3.05, 3.63) is 42.2 Å². The molecule has 1 saturated heterocycles. The number of nitrogens with zero attached hydrogens (tertiary/aromatic N) is 4. The Morgan fingerprint density at radius 2 is 2.14 bits per heavy atom. The van der Waals surface area contributed by atoms with Gasteiger partial charge >= 0.3 is 0 Å². The van der Waals surface area contributed by atoms with Crippen LogP contribution in [0.5, 0.6) is 0 Å². The summed E-state index contributed by atoms with van der Waals surface area (Å²) in [5.74, 6) is 0.0576. The van der Waals surface area contributed by atoms with Gasteiger partial charge in [-0.2, -0.15) is 9.90 Å². The van der Waals surface area contributed by atoms with Crippen LogP contribution in [0, 0.1) is 5.92 Å². The van der Waals surface area contributed by atoms with Gasteiger partial charge in [0.05, 0.1) is 11.9 Å². The number of aromatic nitrogens is 3. The third-order valence-electron chi connectivity index (χ3n) is 3.76. The van der Waals surface area contributed by atoms with E-state index in [1.165, 1.54) is 11.0 Å². The van der Waals surface area contributed by atoms with Crippen LogP contribution in [0.25, 0.3) is 5.69 Å². The summed E-state index contributed by atoms with van der Waals surface area (Å²) >= 11 is 0. The minimum absolute atomic E-state index is 0.115. The number of carbonyl (C=O) groups excluding carboxylic acids is 1. The quantitative estimate of drug-likeness (QED) is 0.917. The molecule has 6 nitrogen and oxygen atoms in total. The zero-order valence-corrected chi connectivity index (χ0v) is 11.7. The van der Waals surface area contributed by atoms with Gasteiger partial charge < -0.3 is 10.0 Å². The third kappa shape index (κ3) is 2.95. The number of para-hydroxylation sites is 1. The summed E-state index contributed by atoms with van der Waals surface area (Å²) in [6.07, 6.45) is 3.39. The van der Waals surface area contributed by atoms with Gasteiger partial charge in [-0.15, -0.1) is 5.10 Å². The van der Waals surface area contributed by atoms with E-state index in [0.29, 0.717) is 18.8 Å². The molecule has 1 fully saturated rings. The number of aliphatic hydroxyl groups is 1. The van der Waals surface area contributed by atoms with Crippen molar-refractivity contribution in [1.29, 1.82) is 0 Å². The van der Waals surface area contributed by atoms with Crippen molar-refractivity contribution in [2.75, 3.05) is 19.7 Å². The Bertz CT molecular complexity index is 611. The maximum atomic E-state index is 12.4. The Morgan fingerprint density at radius 3 is 2.90 bits per heavy atom. The number of carbonyl (C=O) groups is 1.